The number of aromatic nitrogens is 1. The van der Waals surface area contributed by atoms with E-state index in [1.807, 2.05) is 6.07 Å². The Morgan fingerprint density at radius 2 is 2.15 bits per heavy atom. The fourth-order valence-electron chi connectivity index (χ4n) is 1.55. The molecule has 0 spiro atoms. The van der Waals surface area contributed by atoms with E-state index in [1.54, 1.807) is 36.4 Å². The van der Waals surface area contributed by atoms with Crippen LogP contribution in [0, 0.1) is 11.3 Å². The van der Waals surface area contributed by atoms with E-state index >= 15 is 0 Å². The average Bonchev–Trinajstić information content (AvgIpc) is 2.47. The number of benzene rings is 1. The molecule has 0 aliphatic heterocycles. The third kappa shape index (κ3) is 3.12. The van der Waals surface area contributed by atoms with Gasteiger partial charge in [-0.05, 0) is 30.3 Å². The van der Waals surface area contributed by atoms with E-state index in [2.05, 4.69) is 31.7 Å². The van der Waals surface area contributed by atoms with Crippen molar-refractivity contribution in [2.75, 3.05) is 10.7 Å². The molecule has 1 aromatic carbocycles. The molecule has 100 valence electrons. The van der Waals surface area contributed by atoms with E-state index < -0.39 is 5.91 Å². The minimum absolute atomic E-state index is 0.198. The van der Waals surface area contributed by atoms with Gasteiger partial charge in [0.1, 0.15) is 17.6 Å². The highest BCUT2D eigenvalue weighted by Crippen LogP contribution is 2.21. The Kier molecular flexibility index (Phi) is 4.30. The van der Waals surface area contributed by atoms with Gasteiger partial charge in [0.15, 0.2) is 0 Å². The van der Waals surface area contributed by atoms with Crippen molar-refractivity contribution in [3.63, 3.8) is 0 Å². The number of nitrogens with zero attached hydrogens (tertiary/aromatic N) is 2. The van der Waals surface area contributed by atoms with Gasteiger partial charge in [0.25, 0.3) is 5.91 Å². The Balaban J connectivity index is 2.28. The quantitative estimate of drug-likeness (QED) is 0.591. The summed E-state index contributed by atoms with van der Waals surface area (Å²) in [7, 11) is 0. The summed E-state index contributed by atoms with van der Waals surface area (Å²) in [5, 5.41) is 11.7. The number of nitrogens with two attached hydrogens (primary N) is 1. The average molecular weight is 332 g/mol. The van der Waals surface area contributed by atoms with Crippen molar-refractivity contribution in [2.45, 2.75) is 0 Å². The topological polar surface area (TPSA) is 104 Å². The molecule has 6 nitrogen and oxygen atoms in total. The van der Waals surface area contributed by atoms with Gasteiger partial charge >= 0.3 is 0 Å². The van der Waals surface area contributed by atoms with Crippen molar-refractivity contribution >= 4 is 33.3 Å². The third-order valence-electron chi connectivity index (χ3n) is 2.48. The third-order valence-corrected chi connectivity index (χ3v) is 2.97. The maximum Gasteiger partial charge on any atom is 0.274 e. The summed E-state index contributed by atoms with van der Waals surface area (Å²) in [5.41, 5.74) is 3.35. The lowest BCUT2D eigenvalue weighted by atomic mass is 10.2. The molecule has 0 radical (unpaired) electrons. The second-order valence-electron chi connectivity index (χ2n) is 3.81. The number of hydrogen-bond donors (Lipinski definition) is 3. The Morgan fingerprint density at radius 1 is 1.35 bits per heavy atom. The maximum atomic E-state index is 12.1. The molecule has 0 saturated heterocycles. The van der Waals surface area contributed by atoms with E-state index in [0.29, 0.717) is 17.1 Å². The molecular formula is C13H10BrN5O. The number of carbonyl (C=O) groups is 1. The second kappa shape index (κ2) is 6.14. The molecule has 0 aliphatic rings. The number of carbonyl (C=O) groups excluding carboxylic acids is 1. The fourth-order valence-corrected chi connectivity index (χ4v) is 1.91. The molecule has 4 N–H and O–H groups in total. The minimum Gasteiger partial charge on any atom is -0.319 e. The first-order valence-electron chi connectivity index (χ1n) is 5.58. The summed E-state index contributed by atoms with van der Waals surface area (Å²) in [6.45, 7) is 0. The number of nitriles is 1. The zero-order valence-corrected chi connectivity index (χ0v) is 11.8. The summed E-state index contributed by atoms with van der Waals surface area (Å²) in [5.74, 6) is 5.21. The van der Waals surface area contributed by atoms with Gasteiger partial charge in [-0.2, -0.15) is 5.26 Å². The van der Waals surface area contributed by atoms with E-state index in [1.165, 1.54) is 0 Å². The number of nitrogens with one attached hydrogen (secondary N) is 2. The van der Waals surface area contributed by atoms with Crippen molar-refractivity contribution in [3.05, 3.63) is 52.1 Å². The van der Waals surface area contributed by atoms with Crippen molar-refractivity contribution in [3.8, 4) is 6.07 Å². The van der Waals surface area contributed by atoms with Gasteiger partial charge in [0.05, 0.1) is 11.3 Å². The van der Waals surface area contributed by atoms with Crippen LogP contribution in [0.2, 0.25) is 0 Å². The van der Waals surface area contributed by atoms with Gasteiger partial charge in [-0.3, -0.25) is 4.79 Å². The van der Waals surface area contributed by atoms with Gasteiger partial charge in [0.2, 0.25) is 0 Å². The Bertz CT molecular complexity index is 695. The minimum atomic E-state index is -0.420. The molecular weight excluding hydrogens is 322 g/mol. The monoisotopic (exact) mass is 331 g/mol. The molecule has 2 aromatic rings. The summed E-state index contributed by atoms with van der Waals surface area (Å²) < 4.78 is 0.761. The number of anilines is 2. The van der Waals surface area contributed by atoms with Crippen molar-refractivity contribution in [1.29, 1.82) is 5.26 Å². The molecule has 0 bridgehead atoms. The van der Waals surface area contributed by atoms with Crippen LogP contribution in [0.4, 0.5) is 11.5 Å². The summed E-state index contributed by atoms with van der Waals surface area (Å²) in [4.78, 5) is 16.1. The number of rotatable bonds is 3. The van der Waals surface area contributed by atoms with E-state index in [4.69, 9.17) is 11.1 Å². The molecule has 1 aromatic heterocycles. The Morgan fingerprint density at radius 3 is 2.85 bits per heavy atom. The molecule has 0 atom stereocenters. The highest BCUT2D eigenvalue weighted by Gasteiger charge is 2.11. The smallest absolute Gasteiger partial charge is 0.274 e. The molecule has 1 heterocycles. The van der Waals surface area contributed by atoms with E-state index in [0.717, 1.165) is 4.47 Å². The van der Waals surface area contributed by atoms with Crippen LogP contribution in [0.15, 0.2) is 40.9 Å². The number of amides is 1. The van der Waals surface area contributed by atoms with Crippen molar-refractivity contribution in [2.24, 2.45) is 5.84 Å². The molecule has 0 unspecified atom stereocenters. The first kappa shape index (κ1) is 14.0. The number of pyridine rings is 1. The predicted octanol–water partition coefficient (Wildman–Crippen LogP) is 2.25. The van der Waals surface area contributed by atoms with Crippen molar-refractivity contribution < 1.29 is 4.79 Å². The van der Waals surface area contributed by atoms with Crippen molar-refractivity contribution in [1.82, 2.24) is 4.98 Å². The number of hydrogen-bond acceptors (Lipinski definition) is 5. The highest BCUT2D eigenvalue weighted by atomic mass is 79.9. The molecule has 0 aliphatic carbocycles. The zero-order valence-electron chi connectivity index (χ0n) is 10.2. The largest absolute Gasteiger partial charge is 0.319 e. The second-order valence-corrected chi connectivity index (χ2v) is 4.72. The lowest BCUT2D eigenvalue weighted by Gasteiger charge is -2.08. The lowest BCUT2D eigenvalue weighted by Crippen LogP contribution is -2.16. The van der Waals surface area contributed by atoms with Crippen LogP contribution in [0.1, 0.15) is 16.1 Å². The summed E-state index contributed by atoms with van der Waals surface area (Å²) in [6, 6.07) is 11.9. The summed E-state index contributed by atoms with van der Waals surface area (Å²) in [6.07, 6.45) is 0. The van der Waals surface area contributed by atoms with Crippen LogP contribution in [0.25, 0.3) is 0 Å². The maximum absolute atomic E-state index is 12.1. The standard InChI is InChI=1S/C13H10BrN5O/c14-9-5-4-8(7-15)11(6-9)18-13(20)10-2-1-3-12(17-10)19-16/h1-6H,16H2,(H,17,19)(H,18,20). The van der Waals surface area contributed by atoms with Crippen LogP contribution in [-0.2, 0) is 0 Å². The van der Waals surface area contributed by atoms with Gasteiger partial charge < -0.3 is 10.7 Å². The molecule has 7 heteroatoms. The van der Waals surface area contributed by atoms with Gasteiger partial charge in [0, 0.05) is 4.47 Å². The van der Waals surface area contributed by atoms with E-state index in [-0.39, 0.29) is 5.69 Å². The molecule has 0 fully saturated rings. The molecule has 1 amide bonds. The van der Waals surface area contributed by atoms with Gasteiger partial charge in [-0.15, -0.1) is 0 Å². The lowest BCUT2D eigenvalue weighted by molar-refractivity contribution is 0.102. The van der Waals surface area contributed by atoms with Crippen LogP contribution in [-0.4, -0.2) is 10.9 Å². The Labute approximate surface area is 123 Å². The number of nitrogen functional groups attached to an aromatic ring is 1. The first-order valence-corrected chi connectivity index (χ1v) is 6.38. The Hall–Kier alpha value is -2.43. The molecule has 0 saturated carbocycles. The normalized spacial score (nSPS) is 9.65. The first-order chi connectivity index (χ1) is 9.63. The molecule has 2 rings (SSSR count). The van der Waals surface area contributed by atoms with Crippen LogP contribution in [0.5, 0.6) is 0 Å². The predicted molar refractivity (Wildman–Crippen MR) is 78.9 cm³/mol. The highest BCUT2D eigenvalue weighted by molar-refractivity contribution is 9.10. The summed E-state index contributed by atoms with van der Waals surface area (Å²) >= 11 is 3.29. The van der Waals surface area contributed by atoms with Crippen LogP contribution in [0.3, 0.4) is 0 Å². The zero-order chi connectivity index (χ0) is 14.5. The van der Waals surface area contributed by atoms with Crippen LogP contribution < -0.4 is 16.6 Å². The van der Waals surface area contributed by atoms with Gasteiger partial charge in [-0.25, -0.2) is 10.8 Å². The number of hydrazine groups is 1. The van der Waals surface area contributed by atoms with Crippen LogP contribution >= 0.6 is 15.9 Å². The molecule has 20 heavy (non-hydrogen) atoms. The van der Waals surface area contributed by atoms with Gasteiger partial charge in [-0.1, -0.05) is 22.0 Å². The fraction of sp³-hybridized carbons (Fsp3) is 0. The SMILES string of the molecule is N#Cc1ccc(Br)cc1NC(=O)c1cccc(NN)n1. The van der Waals surface area contributed by atoms with E-state index in [9.17, 15) is 4.79 Å². The number of halogens is 1.